The molecule has 1 heterocycles. The number of aldehydes is 1. The average molecular weight is 167 g/mol. The highest BCUT2D eigenvalue weighted by molar-refractivity contribution is 5.71. The Bertz CT molecular complexity index is 245. The topological polar surface area (TPSA) is 59.4 Å². The van der Waals surface area contributed by atoms with Crippen LogP contribution < -0.4 is 0 Å². The highest BCUT2D eigenvalue weighted by Crippen LogP contribution is 1.99. The summed E-state index contributed by atoms with van der Waals surface area (Å²) in [5, 5.41) is 8.33. The van der Waals surface area contributed by atoms with Crippen molar-refractivity contribution in [3.8, 4) is 0 Å². The first kappa shape index (κ1) is 8.83. The molecule has 0 spiro atoms. The number of aliphatic hydroxyl groups excluding tert-OH is 1. The molecule has 0 aromatic carbocycles. The second kappa shape index (κ2) is 4.58. The molecule has 0 aliphatic heterocycles. The second-order valence-corrected chi connectivity index (χ2v) is 2.19. The Balaban J connectivity index is 2.58. The molecular formula is C8H9NO3. The summed E-state index contributed by atoms with van der Waals surface area (Å²) in [7, 11) is 0. The number of pyridine rings is 1. The molecule has 0 radical (unpaired) electrons. The maximum atomic E-state index is 10.2. The summed E-state index contributed by atoms with van der Waals surface area (Å²) in [6.07, 6.45) is 2.22. The molecule has 0 unspecified atom stereocenters. The first-order valence-electron chi connectivity index (χ1n) is 3.45. The van der Waals surface area contributed by atoms with E-state index in [1.54, 1.807) is 18.3 Å². The van der Waals surface area contributed by atoms with Crippen LogP contribution in [0.5, 0.6) is 0 Å². The molecule has 0 atom stereocenters. The van der Waals surface area contributed by atoms with Gasteiger partial charge in [0.15, 0.2) is 6.29 Å². The molecule has 1 rings (SSSR count). The first-order chi connectivity index (χ1) is 5.86. The zero-order valence-electron chi connectivity index (χ0n) is 6.43. The molecule has 0 aliphatic carbocycles. The van der Waals surface area contributed by atoms with Gasteiger partial charge in [0.2, 0.25) is 0 Å². The normalized spacial score (nSPS) is 9.75. The van der Waals surface area contributed by atoms with Crippen molar-refractivity contribution in [2.45, 2.75) is 6.61 Å². The lowest BCUT2D eigenvalue weighted by Crippen LogP contribution is -1.95. The zero-order valence-corrected chi connectivity index (χ0v) is 6.43. The number of carbonyl (C=O) groups is 1. The lowest BCUT2D eigenvalue weighted by atomic mass is 10.3. The van der Waals surface area contributed by atoms with Crippen LogP contribution in [-0.2, 0) is 11.3 Å². The number of aliphatic hydroxyl groups is 1. The fourth-order valence-electron chi connectivity index (χ4n) is 0.755. The molecule has 0 amide bonds. The van der Waals surface area contributed by atoms with Gasteiger partial charge in [-0.1, -0.05) is 6.07 Å². The molecule has 1 aromatic heterocycles. The molecule has 1 aromatic rings. The van der Waals surface area contributed by atoms with Crippen LogP contribution in [0.4, 0.5) is 0 Å². The summed E-state index contributed by atoms with van der Waals surface area (Å²) in [6.45, 7) is -0.00192. The van der Waals surface area contributed by atoms with Gasteiger partial charge in [0.1, 0.15) is 12.5 Å². The maximum Gasteiger partial charge on any atom is 0.168 e. The monoisotopic (exact) mass is 167 g/mol. The fourth-order valence-corrected chi connectivity index (χ4v) is 0.755. The Hall–Kier alpha value is -1.26. The van der Waals surface area contributed by atoms with Gasteiger partial charge in [0, 0.05) is 6.20 Å². The average Bonchev–Trinajstić information content (AvgIpc) is 2.15. The summed E-state index contributed by atoms with van der Waals surface area (Å²) in [5.41, 5.74) is 1.22. The van der Waals surface area contributed by atoms with E-state index in [1.807, 2.05) is 0 Å². The third kappa shape index (κ3) is 2.41. The van der Waals surface area contributed by atoms with E-state index in [9.17, 15) is 4.79 Å². The minimum Gasteiger partial charge on any atom is -0.371 e. The van der Waals surface area contributed by atoms with E-state index in [-0.39, 0.29) is 6.79 Å². The summed E-state index contributed by atoms with van der Waals surface area (Å²) in [6, 6.07) is 3.33. The smallest absolute Gasteiger partial charge is 0.168 e. The fraction of sp³-hybridized carbons (Fsp3) is 0.250. The Kier molecular flexibility index (Phi) is 3.37. The number of ether oxygens (including phenoxy) is 1. The van der Waals surface area contributed by atoms with E-state index in [1.165, 1.54) is 0 Å². The van der Waals surface area contributed by atoms with Gasteiger partial charge in [-0.15, -0.1) is 0 Å². The highest BCUT2D eigenvalue weighted by atomic mass is 16.6. The van der Waals surface area contributed by atoms with Crippen LogP contribution in [0.15, 0.2) is 18.3 Å². The van der Waals surface area contributed by atoms with Gasteiger partial charge < -0.3 is 9.84 Å². The predicted molar refractivity (Wildman–Crippen MR) is 41.5 cm³/mol. The van der Waals surface area contributed by atoms with E-state index < -0.39 is 0 Å². The zero-order chi connectivity index (χ0) is 8.81. The van der Waals surface area contributed by atoms with Crippen molar-refractivity contribution in [3.63, 3.8) is 0 Å². The van der Waals surface area contributed by atoms with Crippen molar-refractivity contribution < 1.29 is 14.6 Å². The van der Waals surface area contributed by atoms with Crippen molar-refractivity contribution in [2.75, 3.05) is 6.79 Å². The third-order valence-corrected chi connectivity index (χ3v) is 1.33. The number of hydrogen-bond acceptors (Lipinski definition) is 4. The standard InChI is InChI=1S/C8H9NO3/c10-4-8-2-1-7(3-9-8)5-12-6-11/h1-4,11H,5-6H2. The van der Waals surface area contributed by atoms with Crippen molar-refractivity contribution in [3.05, 3.63) is 29.6 Å². The van der Waals surface area contributed by atoms with Gasteiger partial charge in [0.05, 0.1) is 6.61 Å². The minimum atomic E-state index is -0.310. The molecular weight excluding hydrogens is 158 g/mol. The number of carbonyl (C=O) groups excluding carboxylic acids is 1. The van der Waals surface area contributed by atoms with Gasteiger partial charge >= 0.3 is 0 Å². The van der Waals surface area contributed by atoms with E-state index in [4.69, 9.17) is 9.84 Å². The minimum absolute atomic E-state index is 0.308. The summed E-state index contributed by atoms with van der Waals surface area (Å²) in [4.78, 5) is 14.0. The summed E-state index contributed by atoms with van der Waals surface area (Å²) < 4.78 is 4.72. The highest BCUT2D eigenvalue weighted by Gasteiger charge is 1.93. The molecule has 1 N–H and O–H groups in total. The van der Waals surface area contributed by atoms with Crippen LogP contribution in [-0.4, -0.2) is 23.2 Å². The van der Waals surface area contributed by atoms with Crippen molar-refractivity contribution in [1.82, 2.24) is 4.98 Å². The van der Waals surface area contributed by atoms with E-state index >= 15 is 0 Å². The summed E-state index contributed by atoms with van der Waals surface area (Å²) in [5.74, 6) is 0. The summed E-state index contributed by atoms with van der Waals surface area (Å²) >= 11 is 0. The second-order valence-electron chi connectivity index (χ2n) is 2.19. The number of hydrogen-bond donors (Lipinski definition) is 1. The quantitative estimate of drug-likeness (QED) is 0.519. The van der Waals surface area contributed by atoms with Gasteiger partial charge in [-0.25, -0.2) is 0 Å². The van der Waals surface area contributed by atoms with Crippen LogP contribution in [0.3, 0.4) is 0 Å². The van der Waals surface area contributed by atoms with Crippen LogP contribution in [0, 0.1) is 0 Å². The number of aromatic nitrogens is 1. The Morgan fingerprint density at radius 1 is 1.58 bits per heavy atom. The maximum absolute atomic E-state index is 10.2. The SMILES string of the molecule is O=Cc1ccc(COCO)cn1. The number of rotatable bonds is 4. The van der Waals surface area contributed by atoms with Crippen LogP contribution in [0.2, 0.25) is 0 Å². The van der Waals surface area contributed by atoms with E-state index in [0.29, 0.717) is 18.6 Å². The van der Waals surface area contributed by atoms with Crippen molar-refractivity contribution in [1.29, 1.82) is 0 Å². The van der Waals surface area contributed by atoms with Gasteiger partial charge in [-0.2, -0.15) is 0 Å². The Morgan fingerprint density at radius 2 is 2.42 bits per heavy atom. The molecule has 0 bridgehead atoms. The van der Waals surface area contributed by atoms with Crippen LogP contribution in [0.1, 0.15) is 16.1 Å². The van der Waals surface area contributed by atoms with Gasteiger partial charge in [0.25, 0.3) is 0 Å². The molecule has 0 fully saturated rings. The lowest BCUT2D eigenvalue weighted by Gasteiger charge is -1.99. The van der Waals surface area contributed by atoms with Crippen LogP contribution in [0.25, 0.3) is 0 Å². The molecule has 4 heteroatoms. The Morgan fingerprint density at radius 3 is 2.92 bits per heavy atom. The molecule has 0 saturated heterocycles. The third-order valence-electron chi connectivity index (χ3n) is 1.33. The lowest BCUT2D eigenvalue weighted by molar-refractivity contribution is -0.0113. The van der Waals surface area contributed by atoms with Gasteiger partial charge in [-0.3, -0.25) is 9.78 Å². The van der Waals surface area contributed by atoms with Crippen LogP contribution >= 0.6 is 0 Å². The molecule has 4 nitrogen and oxygen atoms in total. The number of nitrogens with zero attached hydrogens (tertiary/aromatic N) is 1. The molecule has 0 saturated carbocycles. The molecule has 12 heavy (non-hydrogen) atoms. The largest absolute Gasteiger partial charge is 0.371 e. The van der Waals surface area contributed by atoms with Gasteiger partial charge in [-0.05, 0) is 11.6 Å². The molecule has 64 valence electrons. The van der Waals surface area contributed by atoms with Crippen molar-refractivity contribution >= 4 is 6.29 Å². The van der Waals surface area contributed by atoms with E-state index in [0.717, 1.165) is 5.56 Å². The molecule has 0 aliphatic rings. The first-order valence-corrected chi connectivity index (χ1v) is 3.45. The van der Waals surface area contributed by atoms with E-state index in [2.05, 4.69) is 4.98 Å². The predicted octanol–water partition coefficient (Wildman–Crippen LogP) is 0.360. The Labute approximate surface area is 69.8 Å². The van der Waals surface area contributed by atoms with Crippen molar-refractivity contribution in [2.24, 2.45) is 0 Å².